The summed E-state index contributed by atoms with van der Waals surface area (Å²) in [4.78, 5) is 25.2. The summed E-state index contributed by atoms with van der Waals surface area (Å²) in [7, 11) is 0. The maximum absolute atomic E-state index is 13.1. The smallest absolute Gasteiger partial charge is 0.338 e. The van der Waals surface area contributed by atoms with Crippen LogP contribution in [0.25, 0.3) is 0 Å². The molecule has 1 aromatic rings. The molecule has 0 bridgehead atoms. The van der Waals surface area contributed by atoms with Crippen molar-refractivity contribution in [1.82, 2.24) is 10.6 Å². The van der Waals surface area contributed by atoms with Gasteiger partial charge in [-0.3, -0.25) is 0 Å². The number of fused-ring (bicyclic) bond motifs is 1. The van der Waals surface area contributed by atoms with Crippen molar-refractivity contribution in [2.75, 3.05) is 6.79 Å². The lowest BCUT2D eigenvalue weighted by Gasteiger charge is -2.31. The van der Waals surface area contributed by atoms with Crippen molar-refractivity contribution in [1.29, 1.82) is 0 Å². The van der Waals surface area contributed by atoms with Gasteiger partial charge in [0, 0.05) is 10.2 Å². The molecule has 1 saturated carbocycles. The number of amides is 2. The molecule has 0 unspecified atom stereocenters. The number of benzene rings is 1. The van der Waals surface area contributed by atoms with Gasteiger partial charge in [0.2, 0.25) is 6.79 Å². The van der Waals surface area contributed by atoms with Gasteiger partial charge in [-0.2, -0.15) is 0 Å². The van der Waals surface area contributed by atoms with Gasteiger partial charge in [0.25, 0.3) is 0 Å². The predicted octanol–water partition coefficient (Wildman–Crippen LogP) is 3.93. The van der Waals surface area contributed by atoms with E-state index in [0.29, 0.717) is 38.7 Å². The average molecular weight is 451 g/mol. The summed E-state index contributed by atoms with van der Waals surface area (Å²) < 4.78 is 17.4. The van der Waals surface area contributed by atoms with Gasteiger partial charge in [-0.05, 0) is 49.8 Å². The number of rotatable bonds is 3. The van der Waals surface area contributed by atoms with Crippen LogP contribution in [-0.2, 0) is 9.53 Å². The van der Waals surface area contributed by atoms with Gasteiger partial charge in [0.15, 0.2) is 11.5 Å². The first-order valence-corrected chi connectivity index (χ1v) is 10.3. The van der Waals surface area contributed by atoms with Gasteiger partial charge < -0.3 is 24.8 Å². The topological polar surface area (TPSA) is 85.9 Å². The number of nitrogens with one attached hydrogen (secondary N) is 2. The third kappa shape index (κ3) is 3.70. The molecule has 0 saturated heterocycles. The molecule has 1 aromatic carbocycles. The Morgan fingerprint density at radius 1 is 1.25 bits per heavy atom. The van der Waals surface area contributed by atoms with E-state index >= 15 is 0 Å². The molecule has 2 aliphatic heterocycles. The maximum Gasteiger partial charge on any atom is 0.338 e. The van der Waals surface area contributed by atoms with Gasteiger partial charge in [-0.25, -0.2) is 9.59 Å². The molecule has 3 aliphatic rings. The van der Waals surface area contributed by atoms with Crippen LogP contribution in [-0.4, -0.2) is 24.9 Å². The Morgan fingerprint density at radius 3 is 2.75 bits per heavy atom. The van der Waals surface area contributed by atoms with Crippen molar-refractivity contribution in [3.05, 3.63) is 33.4 Å². The Labute approximate surface area is 171 Å². The monoisotopic (exact) mass is 450 g/mol. The van der Waals surface area contributed by atoms with Crippen LogP contribution in [0.5, 0.6) is 11.5 Å². The number of allylic oxidation sites excluding steroid dienone is 1. The summed E-state index contributed by atoms with van der Waals surface area (Å²) in [5.74, 6) is 1.35. The molecule has 28 heavy (non-hydrogen) atoms. The average Bonchev–Trinajstić information content (AvgIpc) is 3.07. The molecule has 0 radical (unpaired) electrons. The summed E-state index contributed by atoms with van der Waals surface area (Å²) in [6.45, 7) is 4.04. The van der Waals surface area contributed by atoms with E-state index in [0.717, 1.165) is 19.3 Å². The van der Waals surface area contributed by atoms with Gasteiger partial charge >= 0.3 is 12.0 Å². The number of hydrogen-bond acceptors (Lipinski definition) is 5. The lowest BCUT2D eigenvalue weighted by Crippen LogP contribution is -2.45. The fraction of sp³-hybridized carbons (Fsp3) is 0.500. The van der Waals surface area contributed by atoms with Crippen LogP contribution >= 0.6 is 15.9 Å². The third-order valence-corrected chi connectivity index (χ3v) is 6.14. The zero-order valence-electron chi connectivity index (χ0n) is 15.8. The molecular weight excluding hydrogens is 428 g/mol. The van der Waals surface area contributed by atoms with Crippen molar-refractivity contribution in [2.24, 2.45) is 5.92 Å². The zero-order chi connectivity index (χ0) is 19.8. The fourth-order valence-electron chi connectivity index (χ4n) is 4.05. The Bertz CT molecular complexity index is 853. The van der Waals surface area contributed by atoms with E-state index in [-0.39, 0.29) is 18.9 Å². The molecule has 1 aliphatic carbocycles. The van der Waals surface area contributed by atoms with Crippen LogP contribution in [0.2, 0.25) is 0 Å². The third-order valence-electron chi connectivity index (χ3n) is 5.45. The van der Waals surface area contributed by atoms with Crippen LogP contribution in [0.3, 0.4) is 0 Å². The lowest BCUT2D eigenvalue weighted by molar-refractivity contribution is -0.146. The predicted molar refractivity (Wildman–Crippen MR) is 105 cm³/mol. The van der Waals surface area contributed by atoms with E-state index in [4.69, 9.17) is 14.2 Å². The Kier molecular flexibility index (Phi) is 5.23. The molecule has 3 atom stereocenters. The minimum atomic E-state index is -0.647. The standard InChI is InChI=1S/C20H23BrN2O5/c1-10-4-3-5-12(6-10)28-19(24)17-11(2)22-20(25)23-18(17)13-7-15-16(8-14(13)21)27-9-26-15/h7-8,10,12,18H,3-6,9H2,1-2H3,(H2,22,23,25)/t10-,12-,18-/m1/s1. The maximum atomic E-state index is 13.1. The summed E-state index contributed by atoms with van der Waals surface area (Å²) in [5.41, 5.74) is 1.60. The number of esters is 1. The number of carbonyl (C=O) groups excluding carboxylic acids is 2. The molecular formula is C20H23BrN2O5. The molecule has 4 rings (SSSR count). The molecule has 0 aromatic heterocycles. The number of ether oxygens (including phenoxy) is 3. The number of hydrogen-bond donors (Lipinski definition) is 2. The first-order valence-electron chi connectivity index (χ1n) is 9.50. The van der Waals surface area contributed by atoms with E-state index in [9.17, 15) is 9.59 Å². The molecule has 150 valence electrons. The first kappa shape index (κ1) is 19.1. The second-order valence-corrected chi connectivity index (χ2v) is 8.45. The zero-order valence-corrected chi connectivity index (χ0v) is 17.4. The van der Waals surface area contributed by atoms with E-state index in [2.05, 4.69) is 33.5 Å². The molecule has 8 heteroatoms. The van der Waals surface area contributed by atoms with Crippen LogP contribution in [0.1, 0.15) is 51.1 Å². The second-order valence-electron chi connectivity index (χ2n) is 7.60. The van der Waals surface area contributed by atoms with Crippen LogP contribution in [0.15, 0.2) is 27.9 Å². The van der Waals surface area contributed by atoms with Crippen molar-refractivity contribution in [2.45, 2.75) is 51.7 Å². The van der Waals surface area contributed by atoms with Crippen molar-refractivity contribution in [3.63, 3.8) is 0 Å². The normalized spacial score (nSPS) is 26.5. The van der Waals surface area contributed by atoms with E-state index in [1.165, 1.54) is 6.42 Å². The Morgan fingerprint density at radius 2 is 2.00 bits per heavy atom. The first-order chi connectivity index (χ1) is 13.4. The molecule has 1 fully saturated rings. The quantitative estimate of drug-likeness (QED) is 0.681. The fourth-order valence-corrected chi connectivity index (χ4v) is 4.60. The van der Waals surface area contributed by atoms with E-state index in [1.807, 2.05) is 0 Å². The van der Waals surface area contributed by atoms with Crippen LogP contribution in [0.4, 0.5) is 4.79 Å². The van der Waals surface area contributed by atoms with Crippen molar-refractivity contribution in [3.8, 4) is 11.5 Å². The number of halogens is 1. The number of urea groups is 1. The largest absolute Gasteiger partial charge is 0.459 e. The highest BCUT2D eigenvalue weighted by atomic mass is 79.9. The van der Waals surface area contributed by atoms with Crippen molar-refractivity contribution >= 4 is 27.9 Å². The highest BCUT2D eigenvalue weighted by Gasteiger charge is 2.36. The van der Waals surface area contributed by atoms with Crippen molar-refractivity contribution < 1.29 is 23.8 Å². The highest BCUT2D eigenvalue weighted by Crippen LogP contribution is 2.41. The van der Waals surface area contributed by atoms with E-state index < -0.39 is 12.0 Å². The Hall–Kier alpha value is -2.22. The van der Waals surface area contributed by atoms with Gasteiger partial charge in [-0.15, -0.1) is 0 Å². The van der Waals surface area contributed by atoms with Crippen LogP contribution < -0.4 is 20.1 Å². The SMILES string of the molecule is CC1=C(C(=O)O[C@@H]2CCC[C@@H](C)C2)[C@@H](c2cc3c(cc2Br)OCO3)NC(=O)N1. The lowest BCUT2D eigenvalue weighted by atomic mass is 9.88. The number of carbonyl (C=O) groups is 2. The van der Waals surface area contributed by atoms with Crippen LogP contribution in [0, 0.1) is 5.92 Å². The van der Waals surface area contributed by atoms with Gasteiger partial charge in [0.1, 0.15) is 6.10 Å². The molecule has 2 amide bonds. The molecule has 2 heterocycles. The second kappa shape index (κ2) is 7.66. The summed E-state index contributed by atoms with van der Waals surface area (Å²) in [6.07, 6.45) is 3.88. The summed E-state index contributed by atoms with van der Waals surface area (Å²) in [5, 5.41) is 5.52. The van der Waals surface area contributed by atoms with Gasteiger partial charge in [-0.1, -0.05) is 29.3 Å². The highest BCUT2D eigenvalue weighted by molar-refractivity contribution is 9.10. The minimum absolute atomic E-state index is 0.0879. The summed E-state index contributed by atoms with van der Waals surface area (Å²) in [6, 6.07) is 2.56. The van der Waals surface area contributed by atoms with E-state index in [1.54, 1.807) is 19.1 Å². The molecule has 7 nitrogen and oxygen atoms in total. The summed E-state index contributed by atoms with van der Waals surface area (Å²) >= 11 is 3.53. The van der Waals surface area contributed by atoms with Gasteiger partial charge in [0.05, 0.1) is 11.6 Å². The molecule has 0 spiro atoms. The molecule has 2 N–H and O–H groups in total. The minimum Gasteiger partial charge on any atom is -0.459 e. The Balaban J connectivity index is 1.64.